The van der Waals surface area contributed by atoms with E-state index < -0.39 is 5.82 Å². The fourth-order valence-electron chi connectivity index (χ4n) is 2.16. The van der Waals surface area contributed by atoms with Crippen molar-refractivity contribution in [1.82, 2.24) is 4.98 Å². The molecule has 0 radical (unpaired) electrons. The summed E-state index contributed by atoms with van der Waals surface area (Å²) in [6.07, 6.45) is 1.58. The van der Waals surface area contributed by atoms with Crippen molar-refractivity contribution in [2.24, 2.45) is 0 Å². The van der Waals surface area contributed by atoms with Gasteiger partial charge in [-0.05, 0) is 30.3 Å². The third-order valence-electron chi connectivity index (χ3n) is 3.15. The number of halogens is 2. The van der Waals surface area contributed by atoms with Gasteiger partial charge in [-0.1, -0.05) is 17.7 Å². The van der Waals surface area contributed by atoms with E-state index >= 15 is 0 Å². The zero-order valence-electron chi connectivity index (χ0n) is 10.3. The van der Waals surface area contributed by atoms with Crippen molar-refractivity contribution in [3.05, 3.63) is 64.6 Å². The standard InChI is InChI=1S/C15H10ClFN2O/c16-8-1-3-10-12(7-19-14(10)5-8)15(20)11-6-9(17)2-4-13(11)18/h1-7,19H,18H2. The Balaban J connectivity index is 2.15. The van der Waals surface area contributed by atoms with E-state index in [1.807, 2.05) is 0 Å². The van der Waals surface area contributed by atoms with Crippen molar-refractivity contribution < 1.29 is 9.18 Å². The van der Waals surface area contributed by atoms with Gasteiger partial charge in [-0.15, -0.1) is 0 Å². The Morgan fingerprint density at radius 1 is 1.15 bits per heavy atom. The predicted molar refractivity (Wildman–Crippen MR) is 77.6 cm³/mol. The highest BCUT2D eigenvalue weighted by molar-refractivity contribution is 6.31. The number of H-pyrrole nitrogens is 1. The number of carbonyl (C=O) groups is 1. The molecule has 1 heterocycles. The molecule has 100 valence electrons. The summed E-state index contributed by atoms with van der Waals surface area (Å²) in [7, 11) is 0. The monoisotopic (exact) mass is 288 g/mol. The maximum Gasteiger partial charge on any atom is 0.197 e. The molecule has 3 N–H and O–H groups in total. The molecule has 0 aliphatic heterocycles. The van der Waals surface area contributed by atoms with Crippen molar-refractivity contribution in [3.63, 3.8) is 0 Å². The molecular formula is C15H10ClFN2O. The van der Waals surface area contributed by atoms with Crippen molar-refractivity contribution in [3.8, 4) is 0 Å². The van der Waals surface area contributed by atoms with Crippen LogP contribution in [-0.2, 0) is 0 Å². The van der Waals surface area contributed by atoms with Gasteiger partial charge in [0.1, 0.15) is 5.82 Å². The van der Waals surface area contributed by atoms with E-state index in [9.17, 15) is 9.18 Å². The van der Waals surface area contributed by atoms with Crippen molar-refractivity contribution in [1.29, 1.82) is 0 Å². The lowest BCUT2D eigenvalue weighted by atomic mass is 10.0. The van der Waals surface area contributed by atoms with E-state index in [4.69, 9.17) is 17.3 Å². The number of nitrogens with one attached hydrogen (secondary N) is 1. The molecule has 0 unspecified atom stereocenters. The Labute approximate surface area is 119 Å². The molecule has 0 bridgehead atoms. The van der Waals surface area contributed by atoms with E-state index in [-0.39, 0.29) is 17.0 Å². The quantitative estimate of drug-likeness (QED) is 0.557. The van der Waals surface area contributed by atoms with Crippen LogP contribution in [0, 0.1) is 5.82 Å². The molecule has 0 saturated heterocycles. The Kier molecular flexibility index (Phi) is 2.95. The lowest BCUT2D eigenvalue weighted by Gasteiger charge is -2.04. The summed E-state index contributed by atoms with van der Waals surface area (Å²) in [6, 6.07) is 8.92. The highest BCUT2D eigenvalue weighted by Gasteiger charge is 2.17. The zero-order chi connectivity index (χ0) is 14.3. The second-order valence-corrected chi connectivity index (χ2v) is 4.89. The van der Waals surface area contributed by atoms with Gasteiger partial charge in [0.25, 0.3) is 0 Å². The number of aromatic amines is 1. The highest BCUT2D eigenvalue weighted by atomic mass is 35.5. The first kappa shape index (κ1) is 12.7. The number of aromatic nitrogens is 1. The Bertz CT molecular complexity index is 826. The number of nitrogens with two attached hydrogens (primary N) is 1. The lowest BCUT2D eigenvalue weighted by Crippen LogP contribution is -2.05. The van der Waals surface area contributed by atoms with Gasteiger partial charge >= 0.3 is 0 Å². The van der Waals surface area contributed by atoms with Gasteiger partial charge in [-0.25, -0.2) is 4.39 Å². The van der Waals surface area contributed by atoms with Crippen LogP contribution in [0.4, 0.5) is 10.1 Å². The normalized spacial score (nSPS) is 10.9. The summed E-state index contributed by atoms with van der Waals surface area (Å²) < 4.78 is 13.3. The summed E-state index contributed by atoms with van der Waals surface area (Å²) in [4.78, 5) is 15.5. The molecule has 20 heavy (non-hydrogen) atoms. The molecule has 0 spiro atoms. The van der Waals surface area contributed by atoms with Gasteiger partial charge in [0.05, 0.1) is 0 Å². The molecule has 0 aliphatic carbocycles. The third-order valence-corrected chi connectivity index (χ3v) is 3.38. The molecule has 3 rings (SSSR count). The summed E-state index contributed by atoms with van der Waals surface area (Å²) in [5, 5.41) is 1.30. The molecule has 3 nitrogen and oxygen atoms in total. The van der Waals surface area contributed by atoms with E-state index in [0.717, 1.165) is 17.0 Å². The fraction of sp³-hybridized carbons (Fsp3) is 0. The summed E-state index contributed by atoms with van der Waals surface area (Å²) >= 11 is 5.90. The smallest absolute Gasteiger partial charge is 0.197 e. The maximum atomic E-state index is 13.3. The number of carbonyl (C=O) groups excluding carboxylic acids is 1. The number of anilines is 1. The Hall–Kier alpha value is -2.33. The molecule has 0 saturated carbocycles. The molecule has 0 fully saturated rings. The first-order valence-corrected chi connectivity index (χ1v) is 6.30. The highest BCUT2D eigenvalue weighted by Crippen LogP contribution is 2.26. The van der Waals surface area contributed by atoms with Crippen LogP contribution in [0.1, 0.15) is 15.9 Å². The fourth-order valence-corrected chi connectivity index (χ4v) is 2.33. The van der Waals surface area contributed by atoms with Crippen LogP contribution in [0.3, 0.4) is 0 Å². The summed E-state index contributed by atoms with van der Waals surface area (Å²) in [5.41, 5.74) is 7.33. The molecule has 2 aromatic carbocycles. The van der Waals surface area contributed by atoms with Crippen LogP contribution >= 0.6 is 11.6 Å². The SMILES string of the molecule is Nc1ccc(F)cc1C(=O)c1c[nH]c2cc(Cl)ccc12. The Morgan fingerprint density at radius 3 is 2.75 bits per heavy atom. The van der Waals surface area contributed by atoms with Crippen LogP contribution in [0.5, 0.6) is 0 Å². The van der Waals surface area contributed by atoms with Crippen LogP contribution < -0.4 is 5.73 Å². The van der Waals surface area contributed by atoms with Crippen LogP contribution in [0.2, 0.25) is 5.02 Å². The number of hydrogen-bond acceptors (Lipinski definition) is 2. The van der Waals surface area contributed by atoms with Gasteiger partial charge in [0.2, 0.25) is 0 Å². The van der Waals surface area contributed by atoms with E-state index in [1.165, 1.54) is 12.1 Å². The number of hydrogen-bond donors (Lipinski definition) is 2. The third kappa shape index (κ3) is 2.04. The minimum absolute atomic E-state index is 0.154. The minimum Gasteiger partial charge on any atom is -0.398 e. The van der Waals surface area contributed by atoms with Gasteiger partial charge in [-0.2, -0.15) is 0 Å². The van der Waals surface area contributed by atoms with Gasteiger partial charge in [0, 0.05) is 38.9 Å². The van der Waals surface area contributed by atoms with Gasteiger partial charge < -0.3 is 10.7 Å². The lowest BCUT2D eigenvalue weighted by molar-refractivity contribution is 0.104. The zero-order valence-corrected chi connectivity index (χ0v) is 11.0. The van der Waals surface area contributed by atoms with Crippen molar-refractivity contribution in [2.75, 3.05) is 5.73 Å². The van der Waals surface area contributed by atoms with E-state index in [1.54, 1.807) is 24.4 Å². The number of rotatable bonds is 2. The number of fused-ring (bicyclic) bond motifs is 1. The molecule has 0 amide bonds. The largest absolute Gasteiger partial charge is 0.398 e. The molecule has 3 aromatic rings. The summed E-state index contributed by atoms with van der Waals surface area (Å²) in [6.45, 7) is 0. The molecule has 1 aromatic heterocycles. The van der Waals surface area contributed by atoms with Crippen LogP contribution in [0.25, 0.3) is 10.9 Å². The van der Waals surface area contributed by atoms with Gasteiger partial charge in [-0.3, -0.25) is 4.79 Å². The second kappa shape index (κ2) is 4.65. The molecular weight excluding hydrogens is 279 g/mol. The molecule has 0 aliphatic rings. The number of nitrogen functional groups attached to an aromatic ring is 1. The first-order chi connectivity index (χ1) is 9.56. The van der Waals surface area contributed by atoms with Crippen LogP contribution in [-0.4, -0.2) is 10.8 Å². The topological polar surface area (TPSA) is 58.9 Å². The first-order valence-electron chi connectivity index (χ1n) is 5.92. The number of benzene rings is 2. The average Bonchev–Trinajstić information content (AvgIpc) is 2.83. The summed E-state index contributed by atoms with van der Waals surface area (Å²) in [5.74, 6) is -0.819. The molecule has 5 heteroatoms. The Morgan fingerprint density at radius 2 is 1.95 bits per heavy atom. The van der Waals surface area contributed by atoms with E-state index in [2.05, 4.69) is 4.98 Å². The number of ketones is 1. The molecule has 0 atom stereocenters. The van der Waals surface area contributed by atoms with E-state index in [0.29, 0.717) is 10.6 Å². The second-order valence-electron chi connectivity index (χ2n) is 4.45. The minimum atomic E-state index is -0.495. The van der Waals surface area contributed by atoms with Crippen LogP contribution in [0.15, 0.2) is 42.6 Å². The van der Waals surface area contributed by atoms with Gasteiger partial charge in [0.15, 0.2) is 5.78 Å². The van der Waals surface area contributed by atoms with Crippen molar-refractivity contribution in [2.45, 2.75) is 0 Å². The maximum absolute atomic E-state index is 13.3. The average molecular weight is 289 g/mol. The predicted octanol–water partition coefficient (Wildman–Crippen LogP) is 3.77. The van der Waals surface area contributed by atoms with Crippen molar-refractivity contribution >= 4 is 34.0 Å².